The van der Waals surface area contributed by atoms with Crippen LogP contribution in [0.15, 0.2) is 18.2 Å². The molecule has 0 aliphatic rings. The molecule has 0 saturated heterocycles. The van der Waals surface area contributed by atoms with Crippen LogP contribution < -0.4 is 14.1 Å². The van der Waals surface area contributed by atoms with Crippen molar-refractivity contribution in [1.29, 1.82) is 0 Å². The van der Waals surface area contributed by atoms with Gasteiger partial charge in [0, 0.05) is 18.2 Å². The minimum Gasteiger partial charge on any atom is -0.508 e. The van der Waals surface area contributed by atoms with Gasteiger partial charge in [-0.05, 0) is 10.3 Å². The smallest absolute Gasteiger partial charge is 0.433 e. The molecule has 1 aromatic rings. The second-order valence-electron chi connectivity index (χ2n) is 2.22. The zero-order chi connectivity index (χ0) is 11.1. The van der Waals surface area contributed by atoms with Crippen LogP contribution in [0.2, 0.25) is 0 Å². The van der Waals surface area contributed by atoms with Crippen LogP contribution >= 0.6 is 0 Å². The van der Waals surface area contributed by atoms with Gasteiger partial charge in [0.05, 0.1) is 0 Å². The Morgan fingerprint density at radius 1 is 1.29 bits per heavy atom. The first-order valence-electron chi connectivity index (χ1n) is 3.42. The van der Waals surface area contributed by atoms with E-state index in [2.05, 4.69) is 0 Å². The molecule has 0 radical (unpaired) electrons. The van der Waals surface area contributed by atoms with Crippen LogP contribution in [0.1, 0.15) is 5.56 Å². The van der Waals surface area contributed by atoms with Crippen LogP contribution in [-0.2, 0) is 6.54 Å². The van der Waals surface area contributed by atoms with E-state index >= 15 is 0 Å². The number of phenolic OH excluding ortho intramolecular Hbond substituents is 2. The Kier molecular flexibility index (Phi) is 6.17. The van der Waals surface area contributed by atoms with Gasteiger partial charge >= 0.3 is 14.8 Å². The van der Waals surface area contributed by atoms with Crippen molar-refractivity contribution in [2.45, 2.75) is 6.54 Å². The Morgan fingerprint density at radius 3 is 2.14 bits per heavy atom. The van der Waals surface area contributed by atoms with E-state index in [1.54, 1.807) is 6.07 Å². The lowest BCUT2D eigenvalue weighted by Gasteiger charge is -1.99. The van der Waals surface area contributed by atoms with Crippen LogP contribution in [0.3, 0.4) is 0 Å². The molecule has 7 heteroatoms. The fourth-order valence-electron chi connectivity index (χ4n) is 0.725. The summed E-state index contributed by atoms with van der Waals surface area (Å²) >= 11 is -3.40. The van der Waals surface area contributed by atoms with Crippen molar-refractivity contribution in [1.82, 2.24) is 0 Å². The van der Waals surface area contributed by atoms with Crippen LogP contribution in [0.25, 0.3) is 0 Å². The largest absolute Gasteiger partial charge is 0.508 e. The molecule has 14 heavy (non-hydrogen) atoms. The predicted molar refractivity (Wildman–Crippen MR) is 39.9 cm³/mol. The number of rotatable bonds is 1. The highest BCUT2D eigenvalue weighted by atomic mass is 80.0. The van der Waals surface area contributed by atoms with Gasteiger partial charge < -0.3 is 24.3 Å². The average Bonchev–Trinajstić information content (AvgIpc) is 2.03. The molecule has 0 aliphatic heterocycles. The van der Waals surface area contributed by atoms with Crippen molar-refractivity contribution in [3.63, 3.8) is 0 Å². The summed E-state index contributed by atoms with van der Waals surface area (Å²) in [5, 5.41) is 17.9. The first kappa shape index (κ1) is 13.1. The van der Waals surface area contributed by atoms with Crippen molar-refractivity contribution in [2.75, 3.05) is 0 Å². The lowest BCUT2D eigenvalue weighted by Crippen LogP contribution is -2.30. The maximum Gasteiger partial charge on any atom is 0.433 e. The first-order valence-corrected chi connectivity index (χ1v) is 5.43. The van der Waals surface area contributed by atoms with E-state index in [1.807, 2.05) is 0 Å². The Labute approximate surface area is 85.7 Å². The Morgan fingerprint density at radius 2 is 1.79 bits per heavy atom. The van der Waals surface area contributed by atoms with E-state index in [1.165, 1.54) is 12.1 Å². The Hall–Kier alpha value is -0.860. The lowest BCUT2D eigenvalue weighted by atomic mass is 10.2. The third kappa shape index (κ3) is 5.73. The maximum absolute atomic E-state index is 9.05. The molecule has 0 aliphatic carbocycles. The quantitative estimate of drug-likeness (QED) is 0.449. The van der Waals surface area contributed by atoms with E-state index < -0.39 is 14.8 Å². The standard InChI is InChI=1S/C7H9NO2.BrHO3/c8-4-5-1-2-6(9)3-7(5)10;2-1(3)4/h1-3,9-10H,4,8H2;2H. The average molecular weight is 268 g/mol. The Balaban J connectivity index is 0.000000364. The van der Waals surface area contributed by atoms with E-state index in [0.717, 1.165) is 0 Å². The summed E-state index contributed by atoms with van der Waals surface area (Å²) in [6.45, 7) is 0.284. The van der Waals surface area contributed by atoms with Gasteiger partial charge in [-0.1, -0.05) is 6.07 Å². The van der Waals surface area contributed by atoms with Crippen LogP contribution in [0.5, 0.6) is 11.5 Å². The summed E-state index contributed by atoms with van der Waals surface area (Å²) < 4.78 is 24.3. The number of benzene rings is 1. The fraction of sp³-hybridized carbons (Fsp3) is 0.143. The third-order valence-electron chi connectivity index (χ3n) is 1.29. The molecule has 0 unspecified atom stereocenters. The summed E-state index contributed by atoms with van der Waals surface area (Å²) in [6.07, 6.45) is 0. The third-order valence-corrected chi connectivity index (χ3v) is 1.29. The SMILES string of the molecule is NCc1ccc(O)cc1O.[O-][Br+2]([O-])O. The zero-order valence-corrected chi connectivity index (χ0v) is 8.64. The predicted octanol–water partition coefficient (Wildman–Crippen LogP) is -2.38. The van der Waals surface area contributed by atoms with Crippen molar-refractivity contribution in [3.05, 3.63) is 23.8 Å². The second-order valence-corrected chi connectivity index (χ2v) is 3.06. The molecule has 1 rings (SSSR count). The molecule has 0 amide bonds. The van der Waals surface area contributed by atoms with Gasteiger partial charge in [-0.15, -0.1) is 0 Å². The maximum atomic E-state index is 9.05. The van der Waals surface area contributed by atoms with E-state index in [9.17, 15) is 0 Å². The van der Waals surface area contributed by atoms with Gasteiger partial charge in [-0.3, -0.25) is 0 Å². The molecule has 6 nitrogen and oxygen atoms in total. The molecule has 0 spiro atoms. The lowest BCUT2D eigenvalue weighted by molar-refractivity contribution is -1.63. The van der Waals surface area contributed by atoms with Gasteiger partial charge in [0.15, 0.2) is 0 Å². The van der Waals surface area contributed by atoms with Crippen LogP contribution in [0.4, 0.5) is 0 Å². The van der Waals surface area contributed by atoms with Gasteiger partial charge in [-0.25, -0.2) is 0 Å². The van der Waals surface area contributed by atoms with Gasteiger partial charge in [0.2, 0.25) is 0 Å². The van der Waals surface area contributed by atoms with Crippen LogP contribution in [-0.4, -0.2) is 14.4 Å². The number of nitrogens with two attached hydrogens (primary N) is 1. The highest BCUT2D eigenvalue weighted by Crippen LogP contribution is 2.21. The van der Waals surface area contributed by atoms with Crippen LogP contribution in [0, 0.1) is 14.8 Å². The molecule has 0 heterocycles. The molecule has 5 N–H and O–H groups in total. The molecular weight excluding hydrogens is 258 g/mol. The van der Waals surface area contributed by atoms with Gasteiger partial charge in [0.25, 0.3) is 0 Å². The molecule has 0 fully saturated rings. The molecular formula is C7H10BrNO5. The van der Waals surface area contributed by atoms with Gasteiger partial charge in [0.1, 0.15) is 11.5 Å². The summed E-state index contributed by atoms with van der Waals surface area (Å²) in [4.78, 5) is 0. The molecule has 0 aromatic heterocycles. The second kappa shape index (κ2) is 6.57. The zero-order valence-electron chi connectivity index (χ0n) is 7.05. The molecule has 1 aromatic carbocycles. The van der Waals surface area contributed by atoms with Gasteiger partial charge in [-0.2, -0.15) is 0 Å². The first-order chi connectivity index (χ1) is 6.47. The number of hydrogen-bond acceptors (Lipinski definition) is 6. The molecule has 0 atom stereocenters. The minimum atomic E-state index is -3.40. The minimum absolute atomic E-state index is 0.0440. The van der Waals surface area contributed by atoms with E-state index in [-0.39, 0.29) is 18.0 Å². The highest BCUT2D eigenvalue weighted by molar-refractivity contribution is 5.38. The van der Waals surface area contributed by atoms with Crippen molar-refractivity contribution in [2.24, 2.45) is 5.73 Å². The summed E-state index contributed by atoms with van der Waals surface area (Å²) in [5.41, 5.74) is 5.90. The number of hydrogen-bond donors (Lipinski definition) is 4. The monoisotopic (exact) mass is 267 g/mol. The number of phenols is 2. The van der Waals surface area contributed by atoms with Crippen molar-refractivity contribution < 1.29 is 37.6 Å². The summed E-state index contributed by atoms with van der Waals surface area (Å²) in [6, 6.07) is 4.34. The number of halogens is 1. The Bertz CT molecular complexity index is 278. The number of aromatic hydroxyl groups is 2. The topological polar surface area (TPSA) is 133 Å². The fourth-order valence-corrected chi connectivity index (χ4v) is 0.725. The van der Waals surface area contributed by atoms with Crippen molar-refractivity contribution >= 4 is 0 Å². The normalized spacial score (nSPS) is 9.50. The van der Waals surface area contributed by atoms with E-state index in [4.69, 9.17) is 28.5 Å². The highest BCUT2D eigenvalue weighted by Gasteiger charge is 1.97. The molecule has 0 saturated carbocycles. The molecule has 80 valence electrons. The van der Waals surface area contributed by atoms with Crippen molar-refractivity contribution in [3.8, 4) is 11.5 Å². The molecule has 0 bridgehead atoms. The summed E-state index contributed by atoms with van der Waals surface area (Å²) in [7, 11) is 0. The summed E-state index contributed by atoms with van der Waals surface area (Å²) in [5.74, 6) is 0.0946. The van der Waals surface area contributed by atoms with E-state index in [0.29, 0.717) is 5.56 Å².